The molecule has 0 bridgehead atoms. The average molecular weight is 323 g/mol. The molecule has 0 fully saturated rings. The maximum Gasteiger partial charge on any atom is 0.0717 e. The summed E-state index contributed by atoms with van der Waals surface area (Å²) in [6.07, 6.45) is 0. The SMILES string of the molecule is C[C@H]1SC2=C(SC(=C3SC=CS3)S2)S[C@@H]1C. The summed E-state index contributed by atoms with van der Waals surface area (Å²) in [4.78, 5) is 0. The number of thioether (sulfide) groups is 6. The van der Waals surface area contributed by atoms with Crippen LogP contribution in [-0.2, 0) is 0 Å². The predicted octanol–water partition coefficient (Wildman–Crippen LogP) is 5.93. The van der Waals surface area contributed by atoms with Crippen molar-refractivity contribution in [2.45, 2.75) is 24.3 Å². The van der Waals surface area contributed by atoms with Gasteiger partial charge in [0.05, 0.1) is 16.9 Å². The zero-order valence-electron chi connectivity index (χ0n) is 8.76. The van der Waals surface area contributed by atoms with Crippen LogP contribution in [-0.4, -0.2) is 10.5 Å². The number of hydrogen-bond acceptors (Lipinski definition) is 6. The van der Waals surface area contributed by atoms with E-state index in [1.165, 1.54) is 16.9 Å². The van der Waals surface area contributed by atoms with E-state index in [2.05, 4.69) is 48.2 Å². The standard InChI is InChI=1S/C10H10S6/c1-5-6(2)14-10-9(13-5)15-8(16-10)7-11-3-4-12-7/h3-6H,1-2H3/t5-,6-/m1/s1. The molecule has 0 N–H and O–H groups in total. The van der Waals surface area contributed by atoms with E-state index < -0.39 is 0 Å². The van der Waals surface area contributed by atoms with Crippen LogP contribution in [0.1, 0.15) is 13.8 Å². The molecule has 0 aromatic heterocycles. The molecule has 0 spiro atoms. The van der Waals surface area contributed by atoms with Crippen molar-refractivity contribution < 1.29 is 0 Å². The average Bonchev–Trinajstić information content (AvgIpc) is 2.86. The summed E-state index contributed by atoms with van der Waals surface area (Å²) < 4.78 is 6.03. The molecule has 16 heavy (non-hydrogen) atoms. The smallest absolute Gasteiger partial charge is 0.0717 e. The second kappa shape index (κ2) is 5.13. The number of hydrogen-bond donors (Lipinski definition) is 0. The van der Waals surface area contributed by atoms with E-state index in [0.29, 0.717) is 0 Å². The third-order valence-electron chi connectivity index (χ3n) is 2.36. The first kappa shape index (κ1) is 12.4. The molecular weight excluding hydrogens is 313 g/mol. The van der Waals surface area contributed by atoms with Crippen molar-refractivity contribution in [3.63, 3.8) is 0 Å². The fraction of sp³-hybridized carbons (Fsp3) is 0.400. The first-order valence-corrected chi connectivity index (χ1v) is 10.0. The third-order valence-corrected chi connectivity index (χ3v) is 11.2. The van der Waals surface area contributed by atoms with Crippen LogP contribution < -0.4 is 0 Å². The molecule has 0 aromatic rings. The second-order valence-electron chi connectivity index (χ2n) is 3.51. The minimum atomic E-state index is 0.739. The van der Waals surface area contributed by atoms with Crippen LogP contribution in [0, 0.1) is 0 Å². The van der Waals surface area contributed by atoms with Gasteiger partial charge in [-0.25, -0.2) is 0 Å². The fourth-order valence-electron chi connectivity index (χ4n) is 1.33. The molecule has 3 aliphatic heterocycles. The zero-order chi connectivity index (χ0) is 11.1. The lowest BCUT2D eigenvalue weighted by Crippen LogP contribution is -2.14. The Morgan fingerprint density at radius 2 is 1.25 bits per heavy atom. The molecule has 0 unspecified atom stereocenters. The second-order valence-corrected chi connectivity index (χ2v) is 11.2. The topological polar surface area (TPSA) is 0 Å². The maximum atomic E-state index is 2.34. The highest BCUT2D eigenvalue weighted by Gasteiger charge is 2.33. The van der Waals surface area contributed by atoms with Gasteiger partial charge in [-0.3, -0.25) is 0 Å². The summed E-state index contributed by atoms with van der Waals surface area (Å²) in [7, 11) is 0. The Bertz CT molecular complexity index is 374. The van der Waals surface area contributed by atoms with Crippen molar-refractivity contribution in [1.29, 1.82) is 0 Å². The molecular formula is C10H10S6. The largest absolute Gasteiger partial charge is 0.113 e. The van der Waals surface area contributed by atoms with E-state index in [1.54, 1.807) is 0 Å². The van der Waals surface area contributed by atoms with Gasteiger partial charge in [0, 0.05) is 10.5 Å². The lowest BCUT2D eigenvalue weighted by molar-refractivity contribution is 0.931. The summed E-state index contributed by atoms with van der Waals surface area (Å²) in [5.74, 6) is 0. The first-order chi connectivity index (χ1) is 7.74. The highest BCUT2D eigenvalue weighted by molar-refractivity contribution is 8.43. The molecule has 86 valence electrons. The van der Waals surface area contributed by atoms with Crippen LogP contribution in [0.5, 0.6) is 0 Å². The van der Waals surface area contributed by atoms with Crippen LogP contribution in [0.4, 0.5) is 0 Å². The van der Waals surface area contributed by atoms with Crippen molar-refractivity contribution in [1.82, 2.24) is 0 Å². The third kappa shape index (κ3) is 2.38. The predicted molar refractivity (Wildman–Crippen MR) is 87.7 cm³/mol. The van der Waals surface area contributed by atoms with Gasteiger partial charge in [-0.15, -0.1) is 23.5 Å². The Balaban J connectivity index is 1.79. The van der Waals surface area contributed by atoms with Crippen LogP contribution in [0.25, 0.3) is 0 Å². The van der Waals surface area contributed by atoms with Crippen LogP contribution in [0.2, 0.25) is 0 Å². The highest BCUT2D eigenvalue weighted by Crippen LogP contribution is 2.65. The minimum Gasteiger partial charge on any atom is -0.113 e. The van der Waals surface area contributed by atoms with E-state index in [1.807, 2.05) is 47.0 Å². The van der Waals surface area contributed by atoms with Crippen molar-refractivity contribution >= 4 is 70.6 Å². The van der Waals surface area contributed by atoms with Crippen molar-refractivity contribution in [3.8, 4) is 0 Å². The van der Waals surface area contributed by atoms with Crippen molar-refractivity contribution in [3.05, 3.63) is 27.8 Å². The van der Waals surface area contributed by atoms with Crippen LogP contribution in [0.3, 0.4) is 0 Å². The molecule has 3 rings (SSSR count). The van der Waals surface area contributed by atoms with Crippen molar-refractivity contribution in [2.24, 2.45) is 0 Å². The molecule has 0 radical (unpaired) electrons. The van der Waals surface area contributed by atoms with Crippen LogP contribution in [0.15, 0.2) is 27.8 Å². The molecule has 3 aliphatic rings. The summed E-state index contributed by atoms with van der Waals surface area (Å²) in [5, 5.41) is 5.83. The fourth-order valence-corrected chi connectivity index (χ4v) is 9.96. The zero-order valence-corrected chi connectivity index (χ0v) is 13.7. The Labute approximate surface area is 122 Å². The Morgan fingerprint density at radius 1 is 0.750 bits per heavy atom. The first-order valence-electron chi connectivity index (χ1n) is 4.90. The van der Waals surface area contributed by atoms with Gasteiger partial charge < -0.3 is 0 Å². The van der Waals surface area contributed by atoms with Gasteiger partial charge >= 0.3 is 0 Å². The minimum absolute atomic E-state index is 0.739. The van der Waals surface area contributed by atoms with Gasteiger partial charge in [-0.1, -0.05) is 60.9 Å². The molecule has 0 amide bonds. The molecule has 0 saturated carbocycles. The molecule has 3 heterocycles. The van der Waals surface area contributed by atoms with E-state index in [4.69, 9.17) is 0 Å². The Kier molecular flexibility index (Phi) is 3.96. The summed E-state index contributed by atoms with van der Waals surface area (Å²) in [6.45, 7) is 4.67. The summed E-state index contributed by atoms with van der Waals surface area (Å²) >= 11 is 11.8. The van der Waals surface area contributed by atoms with Gasteiger partial charge in [0.2, 0.25) is 0 Å². The lowest BCUT2D eigenvalue weighted by Gasteiger charge is -2.24. The number of rotatable bonds is 0. The van der Waals surface area contributed by atoms with Gasteiger partial charge in [0.15, 0.2) is 0 Å². The van der Waals surface area contributed by atoms with Gasteiger partial charge in [-0.05, 0) is 10.8 Å². The Hall–Kier alpha value is 1.32. The van der Waals surface area contributed by atoms with Crippen LogP contribution >= 0.6 is 70.6 Å². The van der Waals surface area contributed by atoms with E-state index in [9.17, 15) is 0 Å². The Morgan fingerprint density at radius 3 is 1.75 bits per heavy atom. The normalized spacial score (nSPS) is 33.9. The molecule has 0 aliphatic carbocycles. The summed E-state index contributed by atoms with van der Waals surface area (Å²) in [6, 6.07) is 0. The summed E-state index contributed by atoms with van der Waals surface area (Å²) in [5.41, 5.74) is 0. The van der Waals surface area contributed by atoms with E-state index in [0.717, 1.165) is 10.5 Å². The molecule has 0 nitrogen and oxygen atoms in total. The molecule has 6 heteroatoms. The van der Waals surface area contributed by atoms with E-state index in [-0.39, 0.29) is 0 Å². The molecule has 0 saturated heterocycles. The monoisotopic (exact) mass is 322 g/mol. The van der Waals surface area contributed by atoms with E-state index >= 15 is 0 Å². The van der Waals surface area contributed by atoms with Gasteiger partial charge in [0.25, 0.3) is 0 Å². The maximum absolute atomic E-state index is 2.34. The van der Waals surface area contributed by atoms with Crippen molar-refractivity contribution in [2.75, 3.05) is 0 Å². The highest BCUT2D eigenvalue weighted by atomic mass is 32.3. The molecule has 2 atom stereocenters. The van der Waals surface area contributed by atoms with Gasteiger partial charge in [0.1, 0.15) is 0 Å². The molecule has 0 aromatic carbocycles. The quantitative estimate of drug-likeness (QED) is 0.538. The van der Waals surface area contributed by atoms with Gasteiger partial charge in [-0.2, -0.15) is 0 Å². The lowest BCUT2D eigenvalue weighted by atomic mass is 10.4.